The van der Waals surface area contributed by atoms with Crippen LogP contribution in [0.3, 0.4) is 0 Å². The average Bonchev–Trinajstić information content (AvgIpc) is 2.83. The number of nitrogens with zero attached hydrogens (tertiary/aromatic N) is 2. The number of hydrogen-bond acceptors (Lipinski definition) is 5. The first-order chi connectivity index (χ1) is 11.5. The maximum absolute atomic E-state index is 12.4. The Labute approximate surface area is 150 Å². The van der Waals surface area contributed by atoms with Gasteiger partial charge < -0.3 is 10.1 Å². The lowest BCUT2D eigenvalue weighted by molar-refractivity contribution is -0.128. The van der Waals surface area contributed by atoms with Crippen molar-refractivity contribution in [3.63, 3.8) is 0 Å². The summed E-state index contributed by atoms with van der Waals surface area (Å²) in [6.07, 6.45) is 0.0897. The Balaban J connectivity index is 2.01. The van der Waals surface area contributed by atoms with E-state index in [1.807, 2.05) is 13.8 Å². The molecule has 6 nitrogen and oxygen atoms in total. The smallest absolute Gasteiger partial charge is 0.242 e. The number of benzene rings is 1. The number of hydrogen-bond donors (Lipinski definition) is 1. The molecule has 1 saturated heterocycles. The molecule has 1 heterocycles. The molecule has 1 aliphatic heterocycles. The minimum absolute atomic E-state index is 0.0717. The summed E-state index contributed by atoms with van der Waals surface area (Å²) in [5.41, 5.74) is 0.566. The maximum atomic E-state index is 12.4. The Hall–Kier alpha value is -1.73. The van der Waals surface area contributed by atoms with E-state index in [0.29, 0.717) is 34.7 Å². The van der Waals surface area contributed by atoms with E-state index in [-0.39, 0.29) is 18.2 Å². The van der Waals surface area contributed by atoms with Gasteiger partial charge in [0.25, 0.3) is 0 Å². The van der Waals surface area contributed by atoms with Crippen LogP contribution in [0.25, 0.3) is 0 Å². The van der Waals surface area contributed by atoms with Crippen LogP contribution in [0, 0.1) is 0 Å². The van der Waals surface area contributed by atoms with Crippen LogP contribution in [-0.4, -0.2) is 47.3 Å². The van der Waals surface area contributed by atoms with Crippen LogP contribution in [0.15, 0.2) is 23.2 Å². The molecule has 1 aromatic rings. The lowest BCUT2D eigenvalue weighted by Gasteiger charge is -2.13. The molecule has 0 aromatic heterocycles. The zero-order valence-corrected chi connectivity index (χ0v) is 15.4. The van der Waals surface area contributed by atoms with Gasteiger partial charge in [0, 0.05) is 25.2 Å². The summed E-state index contributed by atoms with van der Waals surface area (Å²) in [6.45, 7) is 4.97. The molecule has 1 fully saturated rings. The number of halogens is 1. The third-order valence-electron chi connectivity index (χ3n) is 3.44. The number of anilines is 1. The summed E-state index contributed by atoms with van der Waals surface area (Å²) in [6, 6.07) is 5.00. The Morgan fingerprint density at radius 3 is 2.79 bits per heavy atom. The molecule has 1 atom stereocenters. The van der Waals surface area contributed by atoms with Crippen molar-refractivity contribution in [1.29, 1.82) is 0 Å². The van der Waals surface area contributed by atoms with E-state index in [4.69, 9.17) is 16.3 Å². The predicted octanol–water partition coefficient (Wildman–Crippen LogP) is 3.02. The first kappa shape index (κ1) is 18.6. The lowest BCUT2D eigenvalue weighted by Crippen LogP contribution is -2.33. The molecule has 0 aliphatic carbocycles. The number of methoxy groups -OCH3 is 1. The SMILES string of the molecule is CCN=C1S[C@@H](CC(=O)Nc2ccc(OC)c(Cl)c2)C(=O)N1CC. The fraction of sp³-hybridized carbons (Fsp3) is 0.438. The molecular weight excluding hydrogens is 350 g/mol. The van der Waals surface area contributed by atoms with Gasteiger partial charge in [0.1, 0.15) is 11.0 Å². The summed E-state index contributed by atoms with van der Waals surface area (Å²) in [5, 5.41) is 3.42. The third kappa shape index (κ3) is 4.21. The number of rotatable bonds is 6. The van der Waals surface area contributed by atoms with Crippen LogP contribution in [0.1, 0.15) is 20.3 Å². The van der Waals surface area contributed by atoms with Crippen molar-refractivity contribution in [3.8, 4) is 5.75 Å². The molecular formula is C16H20ClN3O3S. The van der Waals surface area contributed by atoms with Gasteiger partial charge in [-0.25, -0.2) is 0 Å². The van der Waals surface area contributed by atoms with Crippen LogP contribution >= 0.6 is 23.4 Å². The molecule has 8 heteroatoms. The first-order valence-electron chi connectivity index (χ1n) is 7.66. The number of amidine groups is 1. The fourth-order valence-corrected chi connectivity index (χ4v) is 3.84. The molecule has 2 rings (SSSR count). The van der Waals surface area contributed by atoms with E-state index in [1.165, 1.54) is 18.9 Å². The van der Waals surface area contributed by atoms with Crippen LogP contribution in [-0.2, 0) is 9.59 Å². The molecule has 1 aromatic carbocycles. The Bertz CT molecular complexity index is 666. The van der Waals surface area contributed by atoms with E-state index in [1.54, 1.807) is 23.1 Å². The minimum Gasteiger partial charge on any atom is -0.495 e. The standard InChI is InChI=1S/C16H20ClN3O3S/c1-4-18-16-20(5-2)15(22)13(24-16)9-14(21)19-10-6-7-12(23-3)11(17)8-10/h6-8,13H,4-5,9H2,1-3H3,(H,19,21)/t13-/m0/s1. The van der Waals surface area contributed by atoms with Crippen molar-refractivity contribution >= 4 is 46.0 Å². The summed E-state index contributed by atoms with van der Waals surface area (Å²) >= 11 is 7.38. The largest absolute Gasteiger partial charge is 0.495 e. The van der Waals surface area contributed by atoms with Gasteiger partial charge in [-0.05, 0) is 32.0 Å². The van der Waals surface area contributed by atoms with E-state index in [0.717, 1.165) is 0 Å². The normalized spacial score (nSPS) is 19.0. The Morgan fingerprint density at radius 1 is 1.46 bits per heavy atom. The van der Waals surface area contributed by atoms with Gasteiger partial charge >= 0.3 is 0 Å². The van der Waals surface area contributed by atoms with Gasteiger partial charge in [0.05, 0.1) is 12.1 Å². The highest BCUT2D eigenvalue weighted by atomic mass is 35.5. The van der Waals surface area contributed by atoms with Crippen molar-refractivity contribution < 1.29 is 14.3 Å². The lowest BCUT2D eigenvalue weighted by atomic mass is 10.2. The topological polar surface area (TPSA) is 71.0 Å². The van der Waals surface area contributed by atoms with Gasteiger partial charge in [-0.15, -0.1) is 0 Å². The Morgan fingerprint density at radius 2 is 2.21 bits per heavy atom. The first-order valence-corrected chi connectivity index (χ1v) is 8.91. The maximum Gasteiger partial charge on any atom is 0.242 e. The molecule has 1 aliphatic rings. The van der Waals surface area contributed by atoms with Gasteiger partial charge in [-0.3, -0.25) is 19.5 Å². The average molecular weight is 370 g/mol. The van der Waals surface area contributed by atoms with Crippen molar-refractivity contribution in [3.05, 3.63) is 23.2 Å². The van der Waals surface area contributed by atoms with Crippen molar-refractivity contribution in [2.45, 2.75) is 25.5 Å². The molecule has 24 heavy (non-hydrogen) atoms. The highest BCUT2D eigenvalue weighted by Gasteiger charge is 2.38. The quantitative estimate of drug-likeness (QED) is 0.836. The van der Waals surface area contributed by atoms with Gasteiger partial charge in [0.15, 0.2) is 5.17 Å². The van der Waals surface area contributed by atoms with Gasteiger partial charge in [0.2, 0.25) is 11.8 Å². The number of carbonyl (C=O) groups is 2. The Kier molecular flexibility index (Phi) is 6.51. The van der Waals surface area contributed by atoms with Crippen LogP contribution < -0.4 is 10.1 Å². The summed E-state index contributed by atoms with van der Waals surface area (Å²) in [4.78, 5) is 30.5. The minimum atomic E-state index is -0.441. The van der Waals surface area contributed by atoms with E-state index in [9.17, 15) is 9.59 Å². The molecule has 0 spiro atoms. The zero-order chi connectivity index (χ0) is 17.7. The van der Waals surface area contributed by atoms with Crippen LogP contribution in [0.5, 0.6) is 5.75 Å². The highest BCUT2D eigenvalue weighted by molar-refractivity contribution is 8.15. The van der Waals surface area contributed by atoms with Gasteiger partial charge in [-0.2, -0.15) is 0 Å². The van der Waals surface area contributed by atoms with Crippen LogP contribution in [0.4, 0.5) is 5.69 Å². The number of thioether (sulfide) groups is 1. The molecule has 1 N–H and O–H groups in total. The second-order valence-electron chi connectivity index (χ2n) is 5.05. The summed E-state index contributed by atoms with van der Waals surface area (Å²) in [5.74, 6) is 0.226. The van der Waals surface area contributed by atoms with Crippen molar-refractivity contribution in [1.82, 2.24) is 4.90 Å². The van der Waals surface area contributed by atoms with Crippen molar-refractivity contribution in [2.75, 3.05) is 25.5 Å². The number of nitrogens with one attached hydrogen (secondary N) is 1. The zero-order valence-electron chi connectivity index (χ0n) is 13.8. The van der Waals surface area contributed by atoms with E-state index < -0.39 is 5.25 Å². The fourth-order valence-electron chi connectivity index (χ4n) is 2.31. The van der Waals surface area contributed by atoms with E-state index >= 15 is 0 Å². The molecule has 130 valence electrons. The number of carbonyl (C=O) groups excluding carboxylic acids is 2. The van der Waals surface area contributed by atoms with Gasteiger partial charge in [-0.1, -0.05) is 23.4 Å². The molecule has 0 radical (unpaired) electrons. The molecule has 2 amide bonds. The summed E-state index contributed by atoms with van der Waals surface area (Å²) < 4.78 is 5.07. The monoisotopic (exact) mass is 369 g/mol. The number of amides is 2. The molecule has 0 unspecified atom stereocenters. The van der Waals surface area contributed by atoms with Crippen molar-refractivity contribution in [2.24, 2.45) is 4.99 Å². The second-order valence-corrected chi connectivity index (χ2v) is 6.62. The molecule has 0 saturated carbocycles. The number of ether oxygens (including phenoxy) is 1. The summed E-state index contributed by atoms with van der Waals surface area (Å²) in [7, 11) is 1.53. The van der Waals surface area contributed by atoms with E-state index in [2.05, 4.69) is 10.3 Å². The molecule has 0 bridgehead atoms. The number of aliphatic imine (C=N–C) groups is 1. The highest BCUT2D eigenvalue weighted by Crippen LogP contribution is 2.30. The third-order valence-corrected chi connectivity index (χ3v) is 4.94. The second kappa shape index (κ2) is 8.39. The van der Waals surface area contributed by atoms with Crippen LogP contribution in [0.2, 0.25) is 5.02 Å². The predicted molar refractivity (Wildman–Crippen MR) is 98.0 cm³/mol.